The maximum Gasteiger partial charge on any atom is 0.116 e. The third-order valence-corrected chi connectivity index (χ3v) is 1.88. The molecule has 0 aliphatic carbocycles. The molecule has 0 amide bonds. The number of hydrogen-bond donors (Lipinski definition) is 3. The Bertz CT molecular complexity index is 184. The molecule has 1 unspecified atom stereocenters. The van der Waals surface area contributed by atoms with Crippen LogP contribution >= 0.6 is 11.8 Å². The SMILES string of the molecule is CCN=C1CC(NCC)NN(Cl)N1. The number of nitrogens with zero attached hydrogens (tertiary/aromatic N) is 2. The lowest BCUT2D eigenvalue weighted by atomic mass is 10.3. The Kier molecular flexibility index (Phi) is 4.44. The highest BCUT2D eigenvalue weighted by Crippen LogP contribution is 2.00. The monoisotopic (exact) mass is 205 g/mol. The molecule has 6 heteroatoms. The summed E-state index contributed by atoms with van der Waals surface area (Å²) in [4.78, 5) is 4.27. The number of rotatable bonds is 3. The van der Waals surface area contributed by atoms with Crippen LogP contribution in [0.5, 0.6) is 0 Å². The maximum atomic E-state index is 5.77. The van der Waals surface area contributed by atoms with Crippen molar-refractivity contribution in [2.75, 3.05) is 13.1 Å². The number of nitrogens with one attached hydrogen (secondary N) is 3. The van der Waals surface area contributed by atoms with Crippen molar-refractivity contribution in [2.45, 2.75) is 26.4 Å². The molecule has 0 aromatic heterocycles. The fraction of sp³-hybridized carbons (Fsp3) is 0.857. The van der Waals surface area contributed by atoms with Gasteiger partial charge in [-0.3, -0.25) is 10.4 Å². The van der Waals surface area contributed by atoms with Crippen molar-refractivity contribution in [3.05, 3.63) is 0 Å². The zero-order valence-corrected chi connectivity index (χ0v) is 8.73. The van der Waals surface area contributed by atoms with Gasteiger partial charge in [0.15, 0.2) is 0 Å². The van der Waals surface area contributed by atoms with Gasteiger partial charge in [-0.2, -0.15) is 0 Å². The fourth-order valence-corrected chi connectivity index (χ4v) is 1.44. The second-order valence-corrected chi connectivity index (χ2v) is 3.10. The maximum absolute atomic E-state index is 5.77. The van der Waals surface area contributed by atoms with Gasteiger partial charge >= 0.3 is 0 Å². The van der Waals surface area contributed by atoms with E-state index in [1.807, 2.05) is 6.92 Å². The smallest absolute Gasteiger partial charge is 0.116 e. The predicted octanol–water partition coefficient (Wildman–Crippen LogP) is 0.209. The summed E-state index contributed by atoms with van der Waals surface area (Å²) < 4.78 is 1.31. The minimum atomic E-state index is 0.161. The van der Waals surface area contributed by atoms with Crippen LogP contribution in [0.2, 0.25) is 0 Å². The Balaban J connectivity index is 2.47. The van der Waals surface area contributed by atoms with Gasteiger partial charge in [-0.25, -0.2) is 5.43 Å². The van der Waals surface area contributed by atoms with Crippen molar-refractivity contribution in [3.8, 4) is 0 Å². The lowest BCUT2D eigenvalue weighted by Crippen LogP contribution is -2.60. The molecule has 0 aromatic rings. The Morgan fingerprint density at radius 2 is 2.46 bits per heavy atom. The molecule has 0 radical (unpaired) electrons. The summed E-state index contributed by atoms with van der Waals surface area (Å²) in [5, 5.41) is 3.25. The standard InChI is InChI=1S/C7H16ClN5/c1-3-9-6-5-7(10-4-2)12-13(8)11-6/h6,9,11H,3-5H2,1-2H3,(H,10,12). The van der Waals surface area contributed by atoms with Crippen LogP contribution < -0.4 is 16.2 Å². The zero-order valence-electron chi connectivity index (χ0n) is 7.97. The molecule has 1 heterocycles. The summed E-state index contributed by atoms with van der Waals surface area (Å²) in [5.41, 5.74) is 5.90. The van der Waals surface area contributed by atoms with Gasteiger partial charge in [0.05, 0.1) is 6.17 Å². The summed E-state index contributed by atoms with van der Waals surface area (Å²) in [6.45, 7) is 5.73. The molecule has 76 valence electrons. The Hall–Kier alpha value is -0.360. The third kappa shape index (κ3) is 3.48. The van der Waals surface area contributed by atoms with Crippen molar-refractivity contribution in [1.29, 1.82) is 0 Å². The van der Waals surface area contributed by atoms with Gasteiger partial charge in [-0.15, -0.1) is 0 Å². The highest BCUT2D eigenvalue weighted by Gasteiger charge is 2.20. The van der Waals surface area contributed by atoms with Crippen LogP contribution in [0.1, 0.15) is 20.3 Å². The summed E-state index contributed by atoms with van der Waals surface area (Å²) in [6, 6.07) is 0. The van der Waals surface area contributed by atoms with Crippen molar-refractivity contribution in [2.24, 2.45) is 4.99 Å². The number of amidine groups is 1. The van der Waals surface area contributed by atoms with E-state index in [1.54, 1.807) is 0 Å². The Morgan fingerprint density at radius 3 is 3.08 bits per heavy atom. The second kappa shape index (κ2) is 5.39. The third-order valence-electron chi connectivity index (χ3n) is 1.69. The van der Waals surface area contributed by atoms with E-state index in [0.717, 1.165) is 25.3 Å². The molecule has 1 rings (SSSR count). The van der Waals surface area contributed by atoms with E-state index >= 15 is 0 Å². The number of hydrogen-bond acceptors (Lipinski definition) is 4. The van der Waals surface area contributed by atoms with Gasteiger partial charge < -0.3 is 5.32 Å². The molecule has 0 bridgehead atoms. The predicted molar refractivity (Wildman–Crippen MR) is 54.0 cm³/mol. The van der Waals surface area contributed by atoms with E-state index in [4.69, 9.17) is 11.8 Å². The first kappa shape index (κ1) is 10.7. The quantitative estimate of drug-likeness (QED) is 0.577. The first-order chi connectivity index (χ1) is 6.26. The van der Waals surface area contributed by atoms with Crippen LogP contribution in [0.3, 0.4) is 0 Å². The molecule has 1 atom stereocenters. The Labute approximate surface area is 83.6 Å². The molecule has 0 saturated carbocycles. The molecule has 0 spiro atoms. The van der Waals surface area contributed by atoms with E-state index in [1.165, 1.54) is 4.64 Å². The summed E-state index contributed by atoms with van der Waals surface area (Å²) in [5.74, 6) is 0.905. The van der Waals surface area contributed by atoms with E-state index in [2.05, 4.69) is 28.1 Å². The van der Waals surface area contributed by atoms with Crippen LogP contribution in [0.25, 0.3) is 0 Å². The molecule has 1 saturated heterocycles. The number of aliphatic imine (C=N–C) groups is 1. The molecule has 1 aliphatic heterocycles. The van der Waals surface area contributed by atoms with Gasteiger partial charge in [0.1, 0.15) is 5.84 Å². The molecular formula is C7H16ClN5. The van der Waals surface area contributed by atoms with Crippen molar-refractivity contribution < 1.29 is 0 Å². The first-order valence-corrected chi connectivity index (χ1v) is 4.85. The number of hydrazine groups is 2. The summed E-state index contributed by atoms with van der Waals surface area (Å²) in [7, 11) is 0. The average Bonchev–Trinajstić information content (AvgIpc) is 2.04. The molecule has 1 aliphatic rings. The van der Waals surface area contributed by atoms with Gasteiger partial charge in [0.2, 0.25) is 0 Å². The van der Waals surface area contributed by atoms with Crippen LogP contribution in [0, 0.1) is 0 Å². The highest BCUT2D eigenvalue weighted by molar-refractivity contribution is 6.13. The van der Waals surface area contributed by atoms with Crippen LogP contribution in [-0.4, -0.2) is 29.7 Å². The van der Waals surface area contributed by atoms with Gasteiger partial charge in [-0.1, -0.05) is 11.6 Å². The largest absolute Gasteiger partial charge is 0.301 e. The van der Waals surface area contributed by atoms with E-state index < -0.39 is 0 Å². The molecule has 1 fully saturated rings. The Morgan fingerprint density at radius 1 is 1.69 bits per heavy atom. The number of halogens is 1. The van der Waals surface area contributed by atoms with Crippen molar-refractivity contribution in [3.63, 3.8) is 0 Å². The summed E-state index contributed by atoms with van der Waals surface area (Å²) in [6.07, 6.45) is 0.985. The molecule has 5 nitrogen and oxygen atoms in total. The van der Waals surface area contributed by atoms with Gasteiger partial charge in [-0.05, 0) is 13.5 Å². The van der Waals surface area contributed by atoms with Crippen LogP contribution in [0.15, 0.2) is 4.99 Å². The molecule has 0 aromatic carbocycles. The fourth-order valence-electron chi connectivity index (χ4n) is 1.22. The van der Waals surface area contributed by atoms with E-state index in [-0.39, 0.29) is 6.17 Å². The van der Waals surface area contributed by atoms with Crippen LogP contribution in [-0.2, 0) is 0 Å². The van der Waals surface area contributed by atoms with E-state index in [9.17, 15) is 0 Å². The molecular weight excluding hydrogens is 190 g/mol. The second-order valence-electron chi connectivity index (χ2n) is 2.76. The highest BCUT2D eigenvalue weighted by atomic mass is 35.5. The van der Waals surface area contributed by atoms with Gasteiger partial charge in [0.25, 0.3) is 0 Å². The van der Waals surface area contributed by atoms with Gasteiger partial charge in [0, 0.05) is 24.7 Å². The minimum absolute atomic E-state index is 0.161. The zero-order chi connectivity index (χ0) is 9.68. The van der Waals surface area contributed by atoms with Crippen molar-refractivity contribution in [1.82, 2.24) is 20.8 Å². The molecule has 13 heavy (non-hydrogen) atoms. The van der Waals surface area contributed by atoms with Crippen molar-refractivity contribution >= 4 is 17.6 Å². The van der Waals surface area contributed by atoms with E-state index in [0.29, 0.717) is 0 Å². The average molecular weight is 206 g/mol. The molecule has 3 N–H and O–H groups in total. The first-order valence-electron chi connectivity index (χ1n) is 4.51. The lowest BCUT2D eigenvalue weighted by Gasteiger charge is -2.31. The van der Waals surface area contributed by atoms with Crippen LogP contribution in [0.4, 0.5) is 0 Å². The lowest BCUT2D eigenvalue weighted by molar-refractivity contribution is 0.203. The summed E-state index contributed by atoms with van der Waals surface area (Å²) >= 11 is 5.77. The minimum Gasteiger partial charge on any atom is -0.301 e. The topological polar surface area (TPSA) is 51.7 Å². The normalized spacial score (nSPS) is 27.6.